The number of hydrogen-bond acceptors (Lipinski definition) is 3. The fourth-order valence-corrected chi connectivity index (χ4v) is 2.12. The van der Waals surface area contributed by atoms with E-state index >= 15 is 0 Å². The van der Waals surface area contributed by atoms with Gasteiger partial charge in [-0.15, -0.1) is 11.3 Å². The Morgan fingerprint density at radius 2 is 2.24 bits per heavy atom. The molecule has 0 aliphatic carbocycles. The summed E-state index contributed by atoms with van der Waals surface area (Å²) in [6, 6.07) is 9.90. The molecule has 2 nitrogen and oxygen atoms in total. The van der Waals surface area contributed by atoms with E-state index < -0.39 is 5.82 Å². The minimum atomic E-state index is -0.424. The number of hydrogen-bond donors (Lipinski definition) is 0. The first-order valence-electron chi connectivity index (χ1n) is 5.14. The van der Waals surface area contributed by atoms with E-state index in [4.69, 9.17) is 10.00 Å². The Labute approximate surface area is 103 Å². The van der Waals surface area contributed by atoms with Gasteiger partial charge in [-0.05, 0) is 29.6 Å². The summed E-state index contributed by atoms with van der Waals surface area (Å²) >= 11 is 1.67. The van der Waals surface area contributed by atoms with Gasteiger partial charge in [-0.25, -0.2) is 4.39 Å². The van der Waals surface area contributed by atoms with Crippen LogP contribution in [0.1, 0.15) is 10.4 Å². The van der Waals surface area contributed by atoms with Gasteiger partial charge in [0.05, 0.1) is 12.2 Å². The average Bonchev–Trinajstić information content (AvgIpc) is 2.84. The molecule has 1 heterocycles. The number of nitrogens with zero attached hydrogens (tertiary/aromatic N) is 1. The summed E-state index contributed by atoms with van der Waals surface area (Å²) < 4.78 is 18.3. The Bertz CT molecular complexity index is 531. The van der Waals surface area contributed by atoms with Crippen molar-refractivity contribution >= 4 is 11.3 Å². The normalized spacial score (nSPS) is 9.88. The monoisotopic (exact) mass is 247 g/mol. The summed E-state index contributed by atoms with van der Waals surface area (Å²) in [5.41, 5.74) is 0.233. The minimum Gasteiger partial charge on any atom is -0.492 e. The van der Waals surface area contributed by atoms with Crippen molar-refractivity contribution in [3.8, 4) is 11.8 Å². The summed E-state index contributed by atoms with van der Waals surface area (Å²) in [5, 5.41) is 10.8. The second kappa shape index (κ2) is 5.46. The first-order chi connectivity index (χ1) is 8.29. The van der Waals surface area contributed by atoms with Crippen LogP contribution in [-0.2, 0) is 6.42 Å². The second-order valence-electron chi connectivity index (χ2n) is 3.43. The Morgan fingerprint density at radius 3 is 2.94 bits per heavy atom. The van der Waals surface area contributed by atoms with Gasteiger partial charge in [0.1, 0.15) is 17.6 Å². The smallest absolute Gasteiger partial charge is 0.137 e. The van der Waals surface area contributed by atoms with Crippen LogP contribution in [0, 0.1) is 17.1 Å². The Kier molecular flexibility index (Phi) is 3.73. The van der Waals surface area contributed by atoms with Crippen molar-refractivity contribution in [2.24, 2.45) is 0 Å². The molecule has 1 aromatic heterocycles. The van der Waals surface area contributed by atoms with Gasteiger partial charge >= 0.3 is 0 Å². The molecule has 0 bridgehead atoms. The number of benzene rings is 1. The molecule has 0 spiro atoms. The van der Waals surface area contributed by atoms with Crippen molar-refractivity contribution in [1.82, 2.24) is 0 Å². The van der Waals surface area contributed by atoms with Gasteiger partial charge in [0.15, 0.2) is 0 Å². The van der Waals surface area contributed by atoms with Crippen molar-refractivity contribution in [3.63, 3.8) is 0 Å². The van der Waals surface area contributed by atoms with E-state index in [1.54, 1.807) is 11.3 Å². The van der Waals surface area contributed by atoms with E-state index in [-0.39, 0.29) is 5.56 Å². The van der Waals surface area contributed by atoms with E-state index in [0.717, 1.165) is 6.42 Å². The van der Waals surface area contributed by atoms with Crippen LogP contribution in [0.5, 0.6) is 5.75 Å². The van der Waals surface area contributed by atoms with Gasteiger partial charge in [-0.3, -0.25) is 0 Å². The van der Waals surface area contributed by atoms with Crippen molar-refractivity contribution < 1.29 is 9.13 Å². The van der Waals surface area contributed by atoms with E-state index in [9.17, 15) is 4.39 Å². The third-order valence-corrected chi connectivity index (χ3v) is 3.18. The van der Waals surface area contributed by atoms with Crippen molar-refractivity contribution in [2.75, 3.05) is 6.61 Å². The van der Waals surface area contributed by atoms with Crippen molar-refractivity contribution in [1.29, 1.82) is 5.26 Å². The molecule has 0 N–H and O–H groups in total. The van der Waals surface area contributed by atoms with Crippen LogP contribution < -0.4 is 4.74 Å². The molecule has 0 radical (unpaired) electrons. The van der Waals surface area contributed by atoms with Crippen molar-refractivity contribution in [2.45, 2.75) is 6.42 Å². The van der Waals surface area contributed by atoms with Crippen LogP contribution in [0.3, 0.4) is 0 Å². The number of rotatable bonds is 4. The largest absolute Gasteiger partial charge is 0.492 e. The molecular formula is C13H10FNOS. The molecule has 4 heteroatoms. The molecule has 0 fully saturated rings. The predicted molar refractivity (Wildman–Crippen MR) is 64.6 cm³/mol. The fourth-order valence-electron chi connectivity index (χ4n) is 1.43. The highest BCUT2D eigenvalue weighted by Gasteiger charge is 2.04. The molecule has 2 rings (SSSR count). The lowest BCUT2D eigenvalue weighted by molar-refractivity contribution is 0.321. The molecule has 0 aliphatic heterocycles. The lowest BCUT2D eigenvalue weighted by Crippen LogP contribution is -2.01. The summed E-state index contributed by atoms with van der Waals surface area (Å²) in [5.74, 6) is 0.0117. The Hall–Kier alpha value is -1.86. The number of nitriles is 1. The van der Waals surface area contributed by atoms with Gasteiger partial charge in [0.25, 0.3) is 0 Å². The zero-order chi connectivity index (χ0) is 12.1. The maximum atomic E-state index is 12.9. The maximum absolute atomic E-state index is 12.9. The molecule has 0 unspecified atom stereocenters. The molecule has 0 aliphatic rings. The zero-order valence-electron chi connectivity index (χ0n) is 9.02. The molecule has 0 saturated carbocycles. The fraction of sp³-hybridized carbons (Fsp3) is 0.154. The van der Waals surface area contributed by atoms with Crippen LogP contribution in [0.2, 0.25) is 0 Å². The van der Waals surface area contributed by atoms with Crippen LogP contribution in [0.15, 0.2) is 35.7 Å². The van der Waals surface area contributed by atoms with E-state index in [1.807, 2.05) is 23.6 Å². The van der Waals surface area contributed by atoms with Crippen molar-refractivity contribution in [3.05, 3.63) is 52.0 Å². The Morgan fingerprint density at radius 1 is 1.35 bits per heavy atom. The first-order valence-corrected chi connectivity index (χ1v) is 6.02. The summed E-state index contributed by atoms with van der Waals surface area (Å²) in [7, 11) is 0. The van der Waals surface area contributed by atoms with Gasteiger partial charge in [-0.1, -0.05) is 6.07 Å². The summed E-state index contributed by atoms with van der Waals surface area (Å²) in [6.07, 6.45) is 0.792. The highest BCUT2D eigenvalue weighted by atomic mass is 32.1. The summed E-state index contributed by atoms with van der Waals surface area (Å²) in [4.78, 5) is 1.23. The molecule has 2 aromatic rings. The van der Waals surface area contributed by atoms with Gasteiger partial charge < -0.3 is 4.74 Å². The third kappa shape index (κ3) is 3.05. The highest BCUT2D eigenvalue weighted by molar-refractivity contribution is 7.09. The van der Waals surface area contributed by atoms with Gasteiger partial charge in [-0.2, -0.15) is 5.26 Å². The highest BCUT2D eigenvalue weighted by Crippen LogP contribution is 2.19. The van der Waals surface area contributed by atoms with E-state index in [1.165, 1.54) is 23.1 Å². The van der Waals surface area contributed by atoms with Crippen LogP contribution in [0.25, 0.3) is 0 Å². The number of thiophene rings is 1. The SMILES string of the molecule is N#Cc1cc(F)ccc1OCCc1cccs1. The molecule has 86 valence electrons. The average molecular weight is 247 g/mol. The minimum absolute atomic E-state index is 0.233. The van der Waals surface area contributed by atoms with E-state index in [2.05, 4.69) is 0 Å². The van der Waals surface area contributed by atoms with Gasteiger partial charge in [0, 0.05) is 11.3 Å². The maximum Gasteiger partial charge on any atom is 0.137 e. The molecule has 1 aromatic carbocycles. The molecule has 0 saturated heterocycles. The lowest BCUT2D eigenvalue weighted by atomic mass is 10.2. The van der Waals surface area contributed by atoms with Crippen LogP contribution >= 0.6 is 11.3 Å². The third-order valence-electron chi connectivity index (χ3n) is 2.25. The number of ether oxygens (including phenoxy) is 1. The quantitative estimate of drug-likeness (QED) is 0.829. The molecular weight excluding hydrogens is 237 g/mol. The molecule has 17 heavy (non-hydrogen) atoms. The predicted octanol–water partition coefficient (Wildman–Crippen LogP) is 3.38. The second-order valence-corrected chi connectivity index (χ2v) is 4.46. The number of halogens is 1. The molecule has 0 atom stereocenters. The van der Waals surface area contributed by atoms with Crippen LogP contribution in [0.4, 0.5) is 4.39 Å². The standard InChI is InChI=1S/C13H10FNOS/c14-11-3-4-13(10(8-11)9-15)16-6-5-12-2-1-7-17-12/h1-4,7-8H,5-6H2. The summed E-state index contributed by atoms with van der Waals surface area (Å²) in [6.45, 7) is 0.487. The first kappa shape index (κ1) is 11.6. The zero-order valence-corrected chi connectivity index (χ0v) is 9.84. The van der Waals surface area contributed by atoms with Gasteiger partial charge in [0.2, 0.25) is 0 Å². The Balaban J connectivity index is 1.97. The topological polar surface area (TPSA) is 33.0 Å². The van der Waals surface area contributed by atoms with E-state index in [0.29, 0.717) is 12.4 Å². The lowest BCUT2D eigenvalue weighted by Gasteiger charge is -2.06. The molecule has 0 amide bonds. The van der Waals surface area contributed by atoms with Crippen LogP contribution in [-0.4, -0.2) is 6.61 Å².